The van der Waals surface area contributed by atoms with Crippen LogP contribution in [0.25, 0.3) is 11.3 Å². The minimum Gasteiger partial charge on any atom is -0.394 e. The second-order valence-electron chi connectivity index (χ2n) is 9.06. The third-order valence-corrected chi connectivity index (χ3v) is 6.51. The van der Waals surface area contributed by atoms with E-state index >= 15 is 4.39 Å². The Labute approximate surface area is 210 Å². The number of nitrogens with two attached hydrogens (primary N) is 1. The molecular weight excluding hydrogens is 492 g/mol. The van der Waals surface area contributed by atoms with Crippen LogP contribution in [-0.4, -0.2) is 38.8 Å². The number of benzene rings is 2. The molecule has 37 heavy (non-hydrogen) atoms. The summed E-state index contributed by atoms with van der Waals surface area (Å²) in [6.45, 7) is -0.727. The van der Waals surface area contributed by atoms with Crippen molar-refractivity contribution in [2.24, 2.45) is 0 Å². The van der Waals surface area contributed by atoms with Gasteiger partial charge in [0, 0.05) is 17.0 Å². The molecule has 0 saturated heterocycles. The molecule has 196 valence electrons. The highest BCUT2D eigenvalue weighted by Crippen LogP contribution is 2.34. The van der Waals surface area contributed by atoms with E-state index in [0.717, 1.165) is 31.0 Å². The standard InChI is InChI=1S/C26H26F4N4O3/c27-17-8-15(7-16(9-17)24(29)30)22(12-35)34-26(37)19-6-3-14(10-20(19)28)23-25(31)32-11-21(33-23)13-1-4-18(36)5-2-13/h3,6-11,13,18,22,24,35-36H,1-2,4-5,12H2,(H2,31,32)(H,34,37)/t13?,18?,22-/m1/s1. The second-order valence-corrected chi connectivity index (χ2v) is 9.06. The van der Waals surface area contributed by atoms with Gasteiger partial charge in [-0.15, -0.1) is 0 Å². The van der Waals surface area contributed by atoms with Gasteiger partial charge in [-0.05, 0) is 61.6 Å². The molecule has 2 aromatic carbocycles. The zero-order valence-corrected chi connectivity index (χ0v) is 19.7. The first kappa shape index (κ1) is 26.5. The summed E-state index contributed by atoms with van der Waals surface area (Å²) in [6, 6.07) is 5.02. The monoisotopic (exact) mass is 518 g/mol. The SMILES string of the molecule is Nc1ncc(C2CCC(O)CC2)nc1-c1ccc(C(=O)N[C@H](CO)c2cc(F)cc(C(F)F)c2)c(F)c1. The highest BCUT2D eigenvalue weighted by molar-refractivity contribution is 5.95. The van der Waals surface area contributed by atoms with Crippen molar-refractivity contribution in [3.05, 3.63) is 76.6 Å². The number of hydrogen-bond acceptors (Lipinski definition) is 6. The minimum atomic E-state index is -2.95. The van der Waals surface area contributed by atoms with E-state index in [1.807, 2.05) is 0 Å². The Kier molecular flexibility index (Phi) is 8.03. The van der Waals surface area contributed by atoms with E-state index in [-0.39, 0.29) is 34.7 Å². The van der Waals surface area contributed by atoms with Crippen LogP contribution in [0.1, 0.15) is 71.2 Å². The summed E-state index contributed by atoms with van der Waals surface area (Å²) in [7, 11) is 0. The van der Waals surface area contributed by atoms with Gasteiger partial charge in [0.1, 0.15) is 23.1 Å². The molecule has 1 fully saturated rings. The van der Waals surface area contributed by atoms with E-state index in [4.69, 9.17) is 5.73 Å². The number of anilines is 1. The van der Waals surface area contributed by atoms with E-state index < -0.39 is 42.2 Å². The smallest absolute Gasteiger partial charge is 0.263 e. The number of aromatic nitrogens is 2. The summed E-state index contributed by atoms with van der Waals surface area (Å²) in [4.78, 5) is 21.5. The zero-order chi connectivity index (χ0) is 26.7. The predicted octanol–water partition coefficient (Wildman–Crippen LogP) is 4.42. The quantitative estimate of drug-likeness (QED) is 0.344. The molecule has 1 aliphatic rings. The minimum absolute atomic E-state index is 0.0810. The molecule has 7 nitrogen and oxygen atoms in total. The van der Waals surface area contributed by atoms with Gasteiger partial charge in [-0.1, -0.05) is 6.07 Å². The van der Waals surface area contributed by atoms with Gasteiger partial charge in [0.15, 0.2) is 0 Å². The number of alkyl halides is 2. The maximum Gasteiger partial charge on any atom is 0.263 e. The van der Waals surface area contributed by atoms with Crippen LogP contribution < -0.4 is 11.1 Å². The molecule has 0 spiro atoms. The lowest BCUT2D eigenvalue weighted by Gasteiger charge is -2.25. The number of carbonyl (C=O) groups excluding carboxylic acids is 1. The molecule has 5 N–H and O–H groups in total. The largest absolute Gasteiger partial charge is 0.394 e. The second kappa shape index (κ2) is 11.2. The Balaban J connectivity index is 1.55. The fourth-order valence-electron chi connectivity index (χ4n) is 4.47. The number of halogens is 4. The molecule has 0 unspecified atom stereocenters. The Morgan fingerprint density at radius 2 is 1.78 bits per heavy atom. The van der Waals surface area contributed by atoms with Gasteiger partial charge in [-0.2, -0.15) is 0 Å². The molecule has 4 rings (SSSR count). The van der Waals surface area contributed by atoms with Crippen LogP contribution in [0.2, 0.25) is 0 Å². The van der Waals surface area contributed by atoms with E-state index in [2.05, 4.69) is 15.3 Å². The number of carbonyl (C=O) groups is 1. The molecule has 1 amide bonds. The molecule has 1 aliphatic carbocycles. The van der Waals surface area contributed by atoms with Crippen LogP contribution in [0.4, 0.5) is 23.4 Å². The van der Waals surface area contributed by atoms with Crippen molar-refractivity contribution in [3.63, 3.8) is 0 Å². The van der Waals surface area contributed by atoms with Gasteiger partial charge in [0.2, 0.25) is 0 Å². The van der Waals surface area contributed by atoms with Gasteiger partial charge < -0.3 is 21.3 Å². The summed E-state index contributed by atoms with van der Waals surface area (Å²) in [5.41, 5.74) is 6.15. The van der Waals surface area contributed by atoms with Crippen molar-refractivity contribution in [2.45, 2.75) is 50.2 Å². The van der Waals surface area contributed by atoms with Crippen molar-refractivity contribution in [1.29, 1.82) is 0 Å². The van der Waals surface area contributed by atoms with Crippen molar-refractivity contribution < 1.29 is 32.6 Å². The molecule has 11 heteroatoms. The molecule has 1 aromatic heterocycles. The van der Waals surface area contributed by atoms with Crippen LogP contribution in [0.3, 0.4) is 0 Å². The van der Waals surface area contributed by atoms with E-state index in [1.165, 1.54) is 12.1 Å². The lowest BCUT2D eigenvalue weighted by molar-refractivity contribution is 0.0911. The number of nitrogens with zero attached hydrogens (tertiary/aromatic N) is 2. The van der Waals surface area contributed by atoms with Crippen molar-refractivity contribution in [2.75, 3.05) is 12.3 Å². The number of aliphatic hydroxyl groups excluding tert-OH is 2. The summed E-state index contributed by atoms with van der Waals surface area (Å²) < 4.78 is 54.9. The summed E-state index contributed by atoms with van der Waals surface area (Å²) >= 11 is 0. The maximum atomic E-state index is 15.0. The fraction of sp³-hybridized carbons (Fsp3) is 0.346. The Morgan fingerprint density at radius 1 is 1.08 bits per heavy atom. The Hall–Kier alpha value is -3.57. The number of nitrogen functional groups attached to an aromatic ring is 1. The van der Waals surface area contributed by atoms with Gasteiger partial charge >= 0.3 is 0 Å². The Morgan fingerprint density at radius 3 is 2.43 bits per heavy atom. The first-order valence-electron chi connectivity index (χ1n) is 11.8. The number of hydrogen-bond donors (Lipinski definition) is 4. The maximum absolute atomic E-state index is 15.0. The molecule has 0 bridgehead atoms. The molecule has 0 aliphatic heterocycles. The van der Waals surface area contributed by atoms with Gasteiger partial charge in [-0.25, -0.2) is 27.5 Å². The highest BCUT2D eigenvalue weighted by Gasteiger charge is 2.24. The number of aliphatic hydroxyl groups is 2. The topological polar surface area (TPSA) is 121 Å². The third-order valence-electron chi connectivity index (χ3n) is 6.51. The average Bonchev–Trinajstić information content (AvgIpc) is 2.87. The van der Waals surface area contributed by atoms with Crippen molar-refractivity contribution >= 4 is 11.7 Å². The highest BCUT2D eigenvalue weighted by atomic mass is 19.3. The molecule has 1 heterocycles. The molecular formula is C26H26F4N4O3. The van der Waals surface area contributed by atoms with E-state index in [1.54, 1.807) is 6.20 Å². The fourth-order valence-corrected chi connectivity index (χ4v) is 4.47. The van der Waals surface area contributed by atoms with Gasteiger partial charge in [0.25, 0.3) is 12.3 Å². The van der Waals surface area contributed by atoms with E-state index in [9.17, 15) is 28.2 Å². The zero-order valence-electron chi connectivity index (χ0n) is 19.7. The van der Waals surface area contributed by atoms with Crippen LogP contribution in [0.15, 0.2) is 42.6 Å². The van der Waals surface area contributed by atoms with Gasteiger partial charge in [-0.3, -0.25) is 4.79 Å². The van der Waals surface area contributed by atoms with Crippen LogP contribution in [0.5, 0.6) is 0 Å². The molecule has 1 saturated carbocycles. The van der Waals surface area contributed by atoms with Crippen LogP contribution in [-0.2, 0) is 0 Å². The van der Waals surface area contributed by atoms with Crippen LogP contribution in [0, 0.1) is 11.6 Å². The first-order chi connectivity index (χ1) is 17.7. The molecule has 1 atom stereocenters. The van der Waals surface area contributed by atoms with Gasteiger partial charge in [0.05, 0.1) is 36.2 Å². The average molecular weight is 519 g/mol. The van der Waals surface area contributed by atoms with E-state index in [0.29, 0.717) is 30.2 Å². The normalized spacial score (nSPS) is 18.6. The third kappa shape index (κ3) is 6.05. The predicted molar refractivity (Wildman–Crippen MR) is 128 cm³/mol. The van der Waals surface area contributed by atoms with Crippen molar-refractivity contribution in [3.8, 4) is 11.3 Å². The molecule has 0 radical (unpaired) electrons. The Bertz CT molecular complexity index is 1280. The molecule has 3 aromatic rings. The lowest BCUT2D eigenvalue weighted by atomic mass is 9.85. The first-order valence-corrected chi connectivity index (χ1v) is 11.8. The summed E-state index contributed by atoms with van der Waals surface area (Å²) in [5.74, 6) is -2.63. The van der Waals surface area contributed by atoms with Crippen LogP contribution >= 0.6 is 0 Å². The van der Waals surface area contributed by atoms with Crippen molar-refractivity contribution in [1.82, 2.24) is 15.3 Å². The number of rotatable bonds is 7. The number of nitrogens with one attached hydrogen (secondary N) is 1. The number of amides is 1. The lowest BCUT2D eigenvalue weighted by Crippen LogP contribution is -2.31. The summed E-state index contributed by atoms with van der Waals surface area (Å²) in [6.07, 6.45) is 1.07. The summed E-state index contributed by atoms with van der Waals surface area (Å²) in [5, 5.41) is 21.8.